The smallest absolute Gasteiger partial charge is 0.246 e. The number of sulfonamides is 1. The molecular formula is C18H26F2N2O2S. The Morgan fingerprint density at radius 2 is 1.72 bits per heavy atom. The fraction of sp³-hybridized carbons (Fsp3) is 0.667. The minimum absolute atomic E-state index is 0.353. The maximum absolute atomic E-state index is 13.9. The van der Waals surface area contributed by atoms with Crippen LogP contribution in [-0.2, 0) is 10.0 Å². The number of benzene rings is 1. The molecule has 1 heterocycles. The molecule has 1 aliphatic heterocycles. The van der Waals surface area contributed by atoms with Crippen LogP contribution in [0.15, 0.2) is 23.1 Å². The third-order valence-electron chi connectivity index (χ3n) is 5.30. The van der Waals surface area contributed by atoms with E-state index in [9.17, 15) is 17.2 Å². The summed E-state index contributed by atoms with van der Waals surface area (Å²) in [6, 6.07) is 2.63. The van der Waals surface area contributed by atoms with E-state index in [2.05, 4.69) is 4.90 Å². The highest BCUT2D eigenvalue weighted by Crippen LogP contribution is 2.26. The van der Waals surface area contributed by atoms with Crippen molar-refractivity contribution in [3.63, 3.8) is 0 Å². The summed E-state index contributed by atoms with van der Waals surface area (Å²) < 4.78 is 53.8. The molecule has 1 aromatic rings. The Morgan fingerprint density at radius 3 is 2.44 bits per heavy atom. The average molecular weight is 372 g/mol. The summed E-state index contributed by atoms with van der Waals surface area (Å²) in [7, 11) is -3.92. The van der Waals surface area contributed by atoms with Crippen LogP contribution in [0.4, 0.5) is 8.78 Å². The van der Waals surface area contributed by atoms with E-state index in [1.165, 1.54) is 36.4 Å². The van der Waals surface area contributed by atoms with Crippen molar-refractivity contribution in [2.75, 3.05) is 32.7 Å². The van der Waals surface area contributed by atoms with Crippen LogP contribution in [-0.4, -0.2) is 50.3 Å². The lowest BCUT2D eigenvalue weighted by Gasteiger charge is -2.28. The van der Waals surface area contributed by atoms with Crippen molar-refractivity contribution in [1.29, 1.82) is 0 Å². The van der Waals surface area contributed by atoms with Gasteiger partial charge in [-0.05, 0) is 43.9 Å². The molecule has 0 atom stereocenters. The normalized spacial score (nSPS) is 22.0. The molecule has 0 unspecified atom stereocenters. The molecule has 0 bridgehead atoms. The second-order valence-electron chi connectivity index (χ2n) is 7.14. The lowest BCUT2D eigenvalue weighted by molar-refractivity contribution is 0.208. The average Bonchev–Trinajstić information content (AvgIpc) is 2.81. The standard InChI is InChI=1S/C18H26F2N2O2S/c19-16-7-8-18(17(20)13-16)25(23,24)22-10-4-9-21(11-12-22)14-15-5-2-1-3-6-15/h7-8,13,15H,1-6,9-12,14H2. The highest BCUT2D eigenvalue weighted by atomic mass is 32.2. The van der Waals surface area contributed by atoms with E-state index in [1.807, 2.05) is 0 Å². The first-order valence-electron chi connectivity index (χ1n) is 9.14. The monoisotopic (exact) mass is 372 g/mol. The third-order valence-corrected chi connectivity index (χ3v) is 7.23. The van der Waals surface area contributed by atoms with E-state index < -0.39 is 26.6 Å². The van der Waals surface area contributed by atoms with Crippen molar-refractivity contribution in [3.8, 4) is 0 Å². The zero-order chi connectivity index (χ0) is 17.9. The molecule has 3 rings (SSSR count). The maximum atomic E-state index is 13.9. The van der Waals surface area contributed by atoms with Crippen LogP contribution in [0.2, 0.25) is 0 Å². The maximum Gasteiger partial charge on any atom is 0.246 e. The number of nitrogens with zero attached hydrogens (tertiary/aromatic N) is 2. The molecule has 4 nitrogen and oxygen atoms in total. The minimum Gasteiger partial charge on any atom is -0.302 e. The molecule has 0 aromatic heterocycles. The van der Waals surface area contributed by atoms with Gasteiger partial charge in [-0.25, -0.2) is 17.2 Å². The van der Waals surface area contributed by atoms with E-state index >= 15 is 0 Å². The molecule has 0 N–H and O–H groups in total. The van der Waals surface area contributed by atoms with Crippen molar-refractivity contribution in [2.24, 2.45) is 5.92 Å². The number of halogens is 2. The van der Waals surface area contributed by atoms with Gasteiger partial charge in [0, 0.05) is 32.2 Å². The molecule has 25 heavy (non-hydrogen) atoms. The second kappa shape index (κ2) is 8.10. The molecule has 1 aliphatic carbocycles. The predicted octanol–water partition coefficient (Wildman–Crippen LogP) is 3.24. The molecule has 0 spiro atoms. The summed E-state index contributed by atoms with van der Waals surface area (Å²) >= 11 is 0. The lowest BCUT2D eigenvalue weighted by atomic mass is 9.89. The Bertz CT molecular complexity index is 690. The molecule has 1 saturated carbocycles. The zero-order valence-electron chi connectivity index (χ0n) is 14.5. The number of hydrogen-bond acceptors (Lipinski definition) is 3. The van der Waals surface area contributed by atoms with Gasteiger partial charge in [-0.15, -0.1) is 0 Å². The highest BCUT2D eigenvalue weighted by molar-refractivity contribution is 7.89. The van der Waals surface area contributed by atoms with Crippen molar-refractivity contribution < 1.29 is 17.2 Å². The largest absolute Gasteiger partial charge is 0.302 e. The SMILES string of the molecule is O=S(=O)(c1ccc(F)cc1F)N1CCCN(CC2CCCCC2)CC1. The van der Waals surface area contributed by atoms with E-state index in [1.54, 1.807) is 0 Å². The van der Waals surface area contributed by atoms with Gasteiger partial charge in [0.15, 0.2) is 0 Å². The third kappa shape index (κ3) is 4.57. The first kappa shape index (κ1) is 18.7. The van der Waals surface area contributed by atoms with Crippen LogP contribution in [0.1, 0.15) is 38.5 Å². The topological polar surface area (TPSA) is 40.6 Å². The van der Waals surface area contributed by atoms with Crippen LogP contribution >= 0.6 is 0 Å². The minimum atomic E-state index is -3.92. The van der Waals surface area contributed by atoms with E-state index in [4.69, 9.17) is 0 Å². The van der Waals surface area contributed by atoms with Gasteiger partial charge in [0.05, 0.1) is 0 Å². The Balaban J connectivity index is 1.65. The van der Waals surface area contributed by atoms with Crippen molar-refractivity contribution >= 4 is 10.0 Å². The quantitative estimate of drug-likeness (QED) is 0.815. The molecule has 140 valence electrons. The van der Waals surface area contributed by atoms with Gasteiger partial charge in [0.25, 0.3) is 0 Å². The van der Waals surface area contributed by atoms with Gasteiger partial charge in [0.1, 0.15) is 16.5 Å². The summed E-state index contributed by atoms with van der Waals surface area (Å²) in [6.07, 6.45) is 7.17. The summed E-state index contributed by atoms with van der Waals surface area (Å²) in [5, 5.41) is 0. The van der Waals surface area contributed by atoms with E-state index in [-0.39, 0.29) is 0 Å². The summed E-state index contributed by atoms with van der Waals surface area (Å²) in [4.78, 5) is 1.90. The van der Waals surface area contributed by atoms with E-state index in [0.29, 0.717) is 31.6 Å². The summed E-state index contributed by atoms with van der Waals surface area (Å²) in [6.45, 7) is 3.29. The molecule has 1 aromatic carbocycles. The lowest BCUT2D eigenvalue weighted by Crippen LogP contribution is -2.37. The zero-order valence-corrected chi connectivity index (χ0v) is 15.3. The number of rotatable bonds is 4. The van der Waals surface area contributed by atoms with Gasteiger partial charge < -0.3 is 4.90 Å². The molecule has 2 aliphatic rings. The molecular weight excluding hydrogens is 346 g/mol. The Morgan fingerprint density at radius 1 is 0.960 bits per heavy atom. The summed E-state index contributed by atoms with van der Waals surface area (Å²) in [5.41, 5.74) is 0. The van der Waals surface area contributed by atoms with Crippen molar-refractivity contribution in [1.82, 2.24) is 9.21 Å². The van der Waals surface area contributed by atoms with E-state index in [0.717, 1.165) is 31.6 Å². The first-order valence-corrected chi connectivity index (χ1v) is 10.6. The Hall–Kier alpha value is -1.05. The molecule has 0 amide bonds. The fourth-order valence-electron chi connectivity index (χ4n) is 3.93. The summed E-state index contributed by atoms with van der Waals surface area (Å²) in [5.74, 6) is -1.08. The Labute approximate surface area is 148 Å². The fourth-order valence-corrected chi connectivity index (χ4v) is 5.44. The van der Waals surface area contributed by atoms with Crippen LogP contribution in [0.3, 0.4) is 0 Å². The van der Waals surface area contributed by atoms with Gasteiger partial charge in [0.2, 0.25) is 10.0 Å². The van der Waals surface area contributed by atoms with Crippen LogP contribution in [0.25, 0.3) is 0 Å². The van der Waals surface area contributed by atoms with Gasteiger partial charge in [-0.1, -0.05) is 19.3 Å². The molecule has 7 heteroatoms. The van der Waals surface area contributed by atoms with Gasteiger partial charge >= 0.3 is 0 Å². The molecule has 1 saturated heterocycles. The molecule has 2 fully saturated rings. The van der Waals surface area contributed by atoms with Crippen LogP contribution in [0.5, 0.6) is 0 Å². The van der Waals surface area contributed by atoms with Crippen LogP contribution < -0.4 is 0 Å². The van der Waals surface area contributed by atoms with Gasteiger partial charge in [-0.2, -0.15) is 4.31 Å². The number of hydrogen-bond donors (Lipinski definition) is 0. The second-order valence-corrected chi connectivity index (χ2v) is 9.04. The first-order chi connectivity index (χ1) is 12.0. The van der Waals surface area contributed by atoms with Crippen molar-refractivity contribution in [3.05, 3.63) is 29.8 Å². The van der Waals surface area contributed by atoms with Crippen molar-refractivity contribution in [2.45, 2.75) is 43.4 Å². The van der Waals surface area contributed by atoms with Crippen LogP contribution in [0, 0.1) is 17.6 Å². The molecule has 0 radical (unpaired) electrons. The Kier molecular flexibility index (Phi) is 6.07. The van der Waals surface area contributed by atoms with Gasteiger partial charge in [-0.3, -0.25) is 0 Å². The highest BCUT2D eigenvalue weighted by Gasteiger charge is 2.30. The predicted molar refractivity (Wildman–Crippen MR) is 92.7 cm³/mol.